The van der Waals surface area contributed by atoms with E-state index in [-0.39, 0.29) is 18.3 Å². The fourth-order valence-corrected chi connectivity index (χ4v) is 4.64. The molecule has 1 aliphatic carbocycles. The Hall–Kier alpha value is -2.92. The van der Waals surface area contributed by atoms with Crippen LogP contribution >= 0.6 is 0 Å². The first-order chi connectivity index (χ1) is 16.1. The summed E-state index contributed by atoms with van der Waals surface area (Å²) in [4.78, 5) is 17.0. The zero-order chi connectivity index (χ0) is 22.9. The summed E-state index contributed by atoms with van der Waals surface area (Å²) in [7, 11) is 0. The summed E-state index contributed by atoms with van der Waals surface area (Å²) < 4.78 is 6.00. The number of carbonyl (C=O) groups excluding carboxylic acids is 1. The van der Waals surface area contributed by atoms with E-state index in [1.807, 2.05) is 60.7 Å². The quantitative estimate of drug-likeness (QED) is 0.423. The number of oxazole rings is 1. The number of aromatic nitrogens is 1. The van der Waals surface area contributed by atoms with Crippen LogP contribution in [-0.4, -0.2) is 22.5 Å². The monoisotopic (exact) mass is 446 g/mol. The fourth-order valence-electron chi connectivity index (χ4n) is 4.64. The van der Waals surface area contributed by atoms with Gasteiger partial charge in [-0.05, 0) is 30.7 Å². The number of hydrogen-bond donors (Lipinski definition) is 2. The highest BCUT2D eigenvalue weighted by Gasteiger charge is 2.35. The summed E-state index contributed by atoms with van der Waals surface area (Å²) in [5.41, 5.74) is 0.635. The number of aryl methyl sites for hydroxylation is 1. The Balaban J connectivity index is 1.43. The van der Waals surface area contributed by atoms with Gasteiger partial charge in [-0.25, -0.2) is 4.98 Å². The molecule has 2 N–H and O–H groups in total. The molecule has 0 spiro atoms. The molecule has 1 fully saturated rings. The third kappa shape index (κ3) is 6.55. The molecule has 1 amide bonds. The van der Waals surface area contributed by atoms with Crippen LogP contribution in [0.4, 0.5) is 0 Å². The lowest BCUT2D eigenvalue weighted by Crippen LogP contribution is -2.41. The molecule has 4 rings (SSSR count). The van der Waals surface area contributed by atoms with Crippen molar-refractivity contribution < 1.29 is 14.3 Å². The number of benzene rings is 2. The number of amides is 1. The van der Waals surface area contributed by atoms with Gasteiger partial charge in [0.1, 0.15) is 0 Å². The maximum absolute atomic E-state index is 12.6. The van der Waals surface area contributed by atoms with E-state index >= 15 is 0 Å². The van der Waals surface area contributed by atoms with Gasteiger partial charge in [0.15, 0.2) is 11.4 Å². The Morgan fingerprint density at radius 2 is 1.73 bits per heavy atom. The predicted octanol–water partition coefficient (Wildman–Crippen LogP) is 5.64. The Morgan fingerprint density at radius 1 is 1.03 bits per heavy atom. The highest BCUT2D eigenvalue weighted by atomic mass is 16.4. The topological polar surface area (TPSA) is 75.4 Å². The zero-order valence-electron chi connectivity index (χ0n) is 19.2. The predicted molar refractivity (Wildman–Crippen MR) is 129 cm³/mol. The molecule has 0 saturated heterocycles. The maximum atomic E-state index is 12.6. The molecule has 1 heterocycles. The number of carbonyl (C=O) groups is 1. The van der Waals surface area contributed by atoms with Crippen LogP contribution in [0.25, 0.3) is 11.3 Å². The van der Waals surface area contributed by atoms with Crippen molar-refractivity contribution in [3.8, 4) is 11.3 Å². The van der Waals surface area contributed by atoms with Gasteiger partial charge in [-0.15, -0.1) is 0 Å². The molecule has 5 nitrogen and oxygen atoms in total. The molecular weight excluding hydrogens is 412 g/mol. The van der Waals surface area contributed by atoms with E-state index in [9.17, 15) is 9.90 Å². The molecule has 33 heavy (non-hydrogen) atoms. The first-order valence-electron chi connectivity index (χ1n) is 12.2. The average molecular weight is 447 g/mol. The second-order valence-corrected chi connectivity index (χ2v) is 9.23. The Kier molecular flexibility index (Phi) is 7.95. The third-order valence-electron chi connectivity index (χ3n) is 6.71. The number of nitrogens with zero attached hydrogens (tertiary/aromatic N) is 1. The van der Waals surface area contributed by atoms with Crippen molar-refractivity contribution in [1.82, 2.24) is 10.3 Å². The van der Waals surface area contributed by atoms with Gasteiger partial charge in [-0.3, -0.25) is 4.79 Å². The molecule has 0 bridgehead atoms. The maximum Gasteiger partial charge on any atom is 0.228 e. The molecule has 174 valence electrons. The van der Waals surface area contributed by atoms with Gasteiger partial charge in [0.2, 0.25) is 11.8 Å². The normalized spacial score (nSPS) is 16.3. The van der Waals surface area contributed by atoms with Crippen LogP contribution in [0.15, 0.2) is 71.3 Å². The fraction of sp³-hybridized carbons (Fsp3) is 0.429. The van der Waals surface area contributed by atoms with Crippen LogP contribution in [0.5, 0.6) is 0 Å². The van der Waals surface area contributed by atoms with E-state index < -0.39 is 5.60 Å². The standard InChI is InChI=1S/C28H34N2O3/c31-26(17-16-22-10-4-1-5-11-22)30-21-28(32,19-18-23-12-6-2-7-13-23)27-29-20-25(33-27)24-14-8-3-9-15-24/h2-3,6-9,12-15,20,22,32H,1,4-5,10-11,16-19,21H2,(H,30,31). The molecular formula is C28H34N2O3. The van der Waals surface area contributed by atoms with Gasteiger partial charge in [0, 0.05) is 12.0 Å². The highest BCUT2D eigenvalue weighted by molar-refractivity contribution is 5.75. The Bertz CT molecular complexity index is 996. The zero-order valence-corrected chi connectivity index (χ0v) is 19.2. The van der Waals surface area contributed by atoms with Crippen LogP contribution in [0.1, 0.15) is 62.8 Å². The summed E-state index contributed by atoms with van der Waals surface area (Å²) in [5.74, 6) is 1.48. The van der Waals surface area contributed by atoms with Crippen molar-refractivity contribution in [1.29, 1.82) is 0 Å². The lowest BCUT2D eigenvalue weighted by Gasteiger charge is -2.26. The first kappa shape index (κ1) is 23.2. The van der Waals surface area contributed by atoms with Crippen LogP contribution < -0.4 is 5.32 Å². The Morgan fingerprint density at radius 3 is 2.45 bits per heavy atom. The van der Waals surface area contributed by atoms with E-state index in [1.54, 1.807) is 6.20 Å². The Labute approximate surface area is 196 Å². The van der Waals surface area contributed by atoms with Crippen LogP contribution in [-0.2, 0) is 16.8 Å². The first-order valence-corrected chi connectivity index (χ1v) is 12.2. The van der Waals surface area contributed by atoms with Crippen molar-refractivity contribution >= 4 is 5.91 Å². The molecule has 2 aromatic carbocycles. The van der Waals surface area contributed by atoms with Gasteiger partial charge in [-0.2, -0.15) is 0 Å². The number of rotatable bonds is 10. The summed E-state index contributed by atoms with van der Waals surface area (Å²) in [6.07, 6.45) is 10.4. The molecule has 1 aromatic heterocycles. The van der Waals surface area contributed by atoms with E-state index in [0.29, 0.717) is 30.9 Å². The van der Waals surface area contributed by atoms with E-state index in [4.69, 9.17) is 4.42 Å². The molecule has 0 aliphatic heterocycles. The van der Waals surface area contributed by atoms with Crippen molar-refractivity contribution in [3.63, 3.8) is 0 Å². The van der Waals surface area contributed by atoms with Gasteiger partial charge in [0.25, 0.3) is 0 Å². The third-order valence-corrected chi connectivity index (χ3v) is 6.71. The van der Waals surface area contributed by atoms with Gasteiger partial charge >= 0.3 is 0 Å². The number of aliphatic hydroxyl groups is 1. The van der Waals surface area contributed by atoms with Crippen molar-refractivity contribution in [2.24, 2.45) is 5.92 Å². The lowest BCUT2D eigenvalue weighted by molar-refractivity contribution is -0.123. The second-order valence-electron chi connectivity index (χ2n) is 9.23. The van der Waals surface area contributed by atoms with Crippen LogP contribution in [0.2, 0.25) is 0 Å². The summed E-state index contributed by atoms with van der Waals surface area (Å²) in [6, 6.07) is 19.7. The van der Waals surface area contributed by atoms with Gasteiger partial charge < -0.3 is 14.8 Å². The number of hydrogen-bond acceptors (Lipinski definition) is 4. The minimum atomic E-state index is -1.39. The minimum absolute atomic E-state index is 0.0199. The summed E-state index contributed by atoms with van der Waals surface area (Å²) in [5, 5.41) is 14.6. The van der Waals surface area contributed by atoms with Crippen LogP contribution in [0, 0.1) is 5.92 Å². The van der Waals surface area contributed by atoms with Gasteiger partial charge in [0.05, 0.1) is 12.7 Å². The molecule has 5 heteroatoms. The van der Waals surface area contributed by atoms with E-state index in [2.05, 4.69) is 10.3 Å². The number of nitrogens with one attached hydrogen (secondary N) is 1. The van der Waals surface area contributed by atoms with Gasteiger partial charge in [-0.1, -0.05) is 92.8 Å². The highest BCUT2D eigenvalue weighted by Crippen LogP contribution is 2.30. The largest absolute Gasteiger partial charge is 0.437 e. The second kappa shape index (κ2) is 11.3. The van der Waals surface area contributed by atoms with Crippen molar-refractivity contribution in [3.05, 3.63) is 78.3 Å². The molecule has 1 saturated carbocycles. The SMILES string of the molecule is O=C(CCC1CCCCC1)NCC(O)(CCc1ccccc1)c1ncc(-c2ccccc2)o1. The average Bonchev–Trinajstić information content (AvgIpc) is 3.38. The summed E-state index contributed by atoms with van der Waals surface area (Å²) in [6.45, 7) is 0.0814. The minimum Gasteiger partial charge on any atom is -0.437 e. The molecule has 1 atom stereocenters. The molecule has 3 aromatic rings. The van der Waals surface area contributed by atoms with E-state index in [1.165, 1.54) is 32.1 Å². The smallest absolute Gasteiger partial charge is 0.228 e. The summed E-state index contributed by atoms with van der Waals surface area (Å²) >= 11 is 0. The van der Waals surface area contributed by atoms with Crippen LogP contribution in [0.3, 0.4) is 0 Å². The lowest BCUT2D eigenvalue weighted by atomic mass is 9.86. The van der Waals surface area contributed by atoms with Crippen molar-refractivity contribution in [2.45, 2.75) is 63.4 Å². The van der Waals surface area contributed by atoms with E-state index in [0.717, 1.165) is 17.5 Å². The molecule has 1 unspecified atom stereocenters. The molecule has 0 radical (unpaired) electrons. The van der Waals surface area contributed by atoms with Crippen molar-refractivity contribution in [2.75, 3.05) is 6.54 Å². The molecule has 1 aliphatic rings.